The molecule has 0 N–H and O–H groups in total. The minimum atomic E-state index is -0.392. The van der Waals surface area contributed by atoms with Crippen molar-refractivity contribution in [2.45, 2.75) is 20.8 Å². The van der Waals surface area contributed by atoms with Crippen LogP contribution in [0.15, 0.2) is 24.3 Å². The average Bonchev–Trinajstić information content (AvgIpc) is 2.52. The van der Waals surface area contributed by atoms with Crippen molar-refractivity contribution in [3.63, 3.8) is 0 Å². The maximum Gasteiger partial charge on any atom is 0.260 e. The lowest BCUT2D eigenvalue weighted by molar-refractivity contribution is -0.135. The van der Waals surface area contributed by atoms with Gasteiger partial charge in [-0.2, -0.15) is 0 Å². The highest BCUT2D eigenvalue weighted by Gasteiger charge is 2.27. The molecule has 0 saturated carbocycles. The molecule has 1 saturated heterocycles. The van der Waals surface area contributed by atoms with Crippen LogP contribution in [0, 0.1) is 11.2 Å². The first-order valence-corrected chi connectivity index (χ1v) is 8.17. The van der Waals surface area contributed by atoms with Crippen LogP contribution in [-0.4, -0.2) is 60.8 Å². The van der Waals surface area contributed by atoms with Gasteiger partial charge in [-0.05, 0) is 12.1 Å². The number of amides is 1. The van der Waals surface area contributed by atoms with Crippen LogP contribution in [0.2, 0.25) is 0 Å². The molecule has 0 radical (unpaired) electrons. The fourth-order valence-corrected chi connectivity index (χ4v) is 2.39. The Labute approximate surface area is 142 Å². The Bertz CT molecular complexity index is 590. The average molecular weight is 336 g/mol. The molecule has 1 aromatic carbocycles. The number of hydrogen-bond donors (Lipinski definition) is 0. The van der Waals surface area contributed by atoms with E-state index < -0.39 is 5.82 Å². The van der Waals surface area contributed by atoms with Crippen LogP contribution < -0.4 is 4.74 Å². The quantitative estimate of drug-likeness (QED) is 0.825. The van der Waals surface area contributed by atoms with Gasteiger partial charge >= 0.3 is 0 Å². The van der Waals surface area contributed by atoms with E-state index in [2.05, 4.69) is 4.90 Å². The van der Waals surface area contributed by atoms with Gasteiger partial charge < -0.3 is 9.64 Å². The van der Waals surface area contributed by atoms with Crippen molar-refractivity contribution < 1.29 is 18.7 Å². The second-order valence-corrected chi connectivity index (χ2v) is 7.08. The predicted octanol–water partition coefficient (Wildman–Crippen LogP) is 1.96. The number of piperazine rings is 1. The summed E-state index contributed by atoms with van der Waals surface area (Å²) in [6.45, 7) is 8.55. The number of ether oxygens (including phenoxy) is 1. The standard InChI is InChI=1S/C18H25FN2O3/c1-18(2,3)16(22)12-20-7-9-21(10-8-20)17(23)13-24-15-6-4-5-14(19)11-15/h4-6,11H,7-10,12-13H2,1-3H3. The summed E-state index contributed by atoms with van der Waals surface area (Å²) in [5.74, 6) is 0.0348. The fourth-order valence-electron chi connectivity index (χ4n) is 2.39. The summed E-state index contributed by atoms with van der Waals surface area (Å²) in [7, 11) is 0. The molecule has 1 aliphatic rings. The molecule has 0 aliphatic carbocycles. The van der Waals surface area contributed by atoms with Gasteiger partial charge in [-0.1, -0.05) is 26.8 Å². The summed E-state index contributed by atoms with van der Waals surface area (Å²) in [5.41, 5.74) is -0.342. The lowest BCUT2D eigenvalue weighted by Gasteiger charge is -2.35. The molecule has 6 heteroatoms. The highest BCUT2D eigenvalue weighted by atomic mass is 19.1. The molecule has 5 nitrogen and oxygen atoms in total. The van der Waals surface area contributed by atoms with E-state index in [9.17, 15) is 14.0 Å². The van der Waals surface area contributed by atoms with Crippen molar-refractivity contribution in [2.75, 3.05) is 39.3 Å². The van der Waals surface area contributed by atoms with Crippen molar-refractivity contribution in [1.29, 1.82) is 0 Å². The summed E-state index contributed by atoms with van der Waals surface area (Å²) in [6, 6.07) is 5.74. The Kier molecular flexibility index (Phi) is 5.94. The normalized spacial score (nSPS) is 16.1. The monoisotopic (exact) mass is 336 g/mol. The number of rotatable bonds is 5. The molecule has 2 rings (SSSR count). The first-order chi connectivity index (χ1) is 11.3. The molecular formula is C18H25FN2O3. The van der Waals surface area contributed by atoms with E-state index in [0.29, 0.717) is 38.5 Å². The molecular weight excluding hydrogens is 311 g/mol. The van der Waals surface area contributed by atoms with Crippen LogP contribution in [0.5, 0.6) is 5.75 Å². The van der Waals surface area contributed by atoms with Crippen molar-refractivity contribution >= 4 is 11.7 Å². The fraction of sp³-hybridized carbons (Fsp3) is 0.556. The molecule has 0 atom stereocenters. The molecule has 1 fully saturated rings. The molecule has 132 valence electrons. The summed E-state index contributed by atoms with van der Waals surface area (Å²) in [4.78, 5) is 28.0. The number of carbonyl (C=O) groups excluding carboxylic acids is 2. The van der Waals surface area contributed by atoms with E-state index >= 15 is 0 Å². The number of nitrogens with zero attached hydrogens (tertiary/aromatic N) is 2. The van der Waals surface area contributed by atoms with Gasteiger partial charge in [0.25, 0.3) is 5.91 Å². The van der Waals surface area contributed by atoms with Crippen molar-refractivity contribution in [2.24, 2.45) is 5.41 Å². The zero-order valence-electron chi connectivity index (χ0n) is 14.5. The van der Waals surface area contributed by atoms with Crippen LogP contribution in [0.3, 0.4) is 0 Å². The van der Waals surface area contributed by atoms with Crippen molar-refractivity contribution in [3.05, 3.63) is 30.1 Å². The van der Waals surface area contributed by atoms with Crippen LogP contribution in [-0.2, 0) is 9.59 Å². The number of hydrogen-bond acceptors (Lipinski definition) is 4. The minimum absolute atomic E-state index is 0.107. The first-order valence-electron chi connectivity index (χ1n) is 8.17. The first kappa shape index (κ1) is 18.4. The molecule has 0 spiro atoms. The Morgan fingerprint density at radius 3 is 2.42 bits per heavy atom. The van der Waals surface area contributed by atoms with Gasteiger partial charge in [0.2, 0.25) is 0 Å². The molecule has 0 unspecified atom stereocenters. The van der Waals surface area contributed by atoms with E-state index in [1.165, 1.54) is 12.1 Å². The topological polar surface area (TPSA) is 49.9 Å². The number of benzene rings is 1. The molecule has 1 aliphatic heterocycles. The largest absolute Gasteiger partial charge is 0.484 e. The smallest absolute Gasteiger partial charge is 0.260 e. The van der Waals surface area contributed by atoms with Crippen LogP contribution in [0.25, 0.3) is 0 Å². The van der Waals surface area contributed by atoms with E-state index in [-0.39, 0.29) is 23.7 Å². The van der Waals surface area contributed by atoms with E-state index in [1.807, 2.05) is 20.8 Å². The second-order valence-electron chi connectivity index (χ2n) is 7.08. The molecule has 1 aromatic rings. The van der Waals surface area contributed by atoms with E-state index in [0.717, 1.165) is 0 Å². The predicted molar refractivity (Wildman–Crippen MR) is 89.4 cm³/mol. The zero-order valence-corrected chi connectivity index (χ0v) is 14.5. The van der Waals surface area contributed by atoms with Crippen LogP contribution in [0.1, 0.15) is 20.8 Å². The third-order valence-electron chi connectivity index (χ3n) is 4.09. The van der Waals surface area contributed by atoms with Gasteiger partial charge in [0, 0.05) is 37.7 Å². The second kappa shape index (κ2) is 7.75. The maximum absolute atomic E-state index is 13.1. The van der Waals surface area contributed by atoms with Gasteiger partial charge in [-0.25, -0.2) is 4.39 Å². The van der Waals surface area contributed by atoms with E-state index in [4.69, 9.17) is 4.74 Å². The number of halogens is 1. The summed E-state index contributed by atoms with van der Waals surface area (Å²) in [5, 5.41) is 0. The van der Waals surface area contributed by atoms with Gasteiger partial charge in [0.05, 0.1) is 6.54 Å². The van der Waals surface area contributed by atoms with Crippen molar-refractivity contribution in [1.82, 2.24) is 9.80 Å². The minimum Gasteiger partial charge on any atom is -0.484 e. The highest BCUT2D eigenvalue weighted by Crippen LogP contribution is 2.16. The Morgan fingerprint density at radius 2 is 1.83 bits per heavy atom. The van der Waals surface area contributed by atoms with Crippen molar-refractivity contribution in [3.8, 4) is 5.75 Å². The Balaban J connectivity index is 1.75. The number of ketones is 1. The van der Waals surface area contributed by atoms with E-state index in [1.54, 1.807) is 17.0 Å². The number of Topliss-reactive ketones (excluding diaryl/α,β-unsaturated/α-hetero) is 1. The molecule has 0 bridgehead atoms. The van der Waals surface area contributed by atoms with Gasteiger partial charge in [-0.15, -0.1) is 0 Å². The molecule has 0 aromatic heterocycles. The summed E-state index contributed by atoms with van der Waals surface area (Å²) >= 11 is 0. The third-order valence-corrected chi connectivity index (χ3v) is 4.09. The third kappa shape index (κ3) is 5.30. The lowest BCUT2D eigenvalue weighted by atomic mass is 9.90. The molecule has 24 heavy (non-hydrogen) atoms. The van der Waals surface area contributed by atoms with Crippen LogP contribution in [0.4, 0.5) is 4.39 Å². The number of carbonyl (C=O) groups is 2. The lowest BCUT2D eigenvalue weighted by Crippen LogP contribution is -2.51. The highest BCUT2D eigenvalue weighted by molar-refractivity contribution is 5.85. The zero-order chi connectivity index (χ0) is 17.7. The summed E-state index contributed by atoms with van der Waals surface area (Å²) in [6.07, 6.45) is 0. The Morgan fingerprint density at radius 1 is 1.17 bits per heavy atom. The van der Waals surface area contributed by atoms with Gasteiger partial charge in [0.15, 0.2) is 12.4 Å². The molecule has 1 amide bonds. The molecule has 1 heterocycles. The van der Waals surface area contributed by atoms with Crippen LogP contribution >= 0.6 is 0 Å². The van der Waals surface area contributed by atoms with Gasteiger partial charge in [-0.3, -0.25) is 14.5 Å². The summed E-state index contributed by atoms with van der Waals surface area (Å²) < 4.78 is 18.4. The van der Waals surface area contributed by atoms with Gasteiger partial charge in [0.1, 0.15) is 11.6 Å². The maximum atomic E-state index is 13.1. The SMILES string of the molecule is CC(C)(C)C(=O)CN1CCN(C(=O)COc2cccc(F)c2)CC1. The Hall–Kier alpha value is -1.95.